The monoisotopic (exact) mass is 396 g/mol. The maximum absolute atomic E-state index is 13.2. The van der Waals surface area contributed by atoms with Crippen LogP contribution in [0.1, 0.15) is 42.1 Å². The van der Waals surface area contributed by atoms with Gasteiger partial charge in [0.25, 0.3) is 5.91 Å². The second-order valence-electron chi connectivity index (χ2n) is 8.49. The molecule has 8 nitrogen and oxygen atoms in total. The van der Waals surface area contributed by atoms with Gasteiger partial charge in [-0.2, -0.15) is 0 Å². The van der Waals surface area contributed by atoms with Crippen molar-refractivity contribution in [1.29, 1.82) is 0 Å². The Balaban J connectivity index is 1.29. The van der Waals surface area contributed by atoms with Gasteiger partial charge in [-0.25, -0.2) is 4.98 Å². The summed E-state index contributed by atoms with van der Waals surface area (Å²) < 4.78 is 7.83. The Morgan fingerprint density at radius 3 is 2.83 bits per heavy atom. The molecule has 4 heterocycles. The highest BCUT2D eigenvalue weighted by Crippen LogP contribution is 2.38. The lowest BCUT2D eigenvalue weighted by atomic mass is 9.77. The fraction of sp³-hybridized carbons (Fsp3) is 0.619. The van der Waals surface area contributed by atoms with Gasteiger partial charge in [0.1, 0.15) is 11.6 Å². The molecule has 1 aliphatic carbocycles. The SMILES string of the molecule is CO[C@@H]1C[C@H]2CN(C(=O)c3nnc4n3CCCC4)C[C@H]2C[C@H]1Nc1ccccn1. The highest BCUT2D eigenvalue weighted by molar-refractivity contribution is 5.91. The highest BCUT2D eigenvalue weighted by atomic mass is 16.5. The summed E-state index contributed by atoms with van der Waals surface area (Å²) in [5.41, 5.74) is 0. The molecule has 3 aliphatic rings. The highest BCUT2D eigenvalue weighted by Gasteiger charge is 2.44. The Bertz CT molecular complexity index is 869. The van der Waals surface area contributed by atoms with E-state index in [0.717, 1.165) is 63.4 Å². The smallest absolute Gasteiger partial charge is 0.291 e. The van der Waals surface area contributed by atoms with Gasteiger partial charge in [-0.15, -0.1) is 10.2 Å². The average molecular weight is 396 g/mol. The van der Waals surface area contributed by atoms with Gasteiger partial charge in [0, 0.05) is 39.4 Å². The Morgan fingerprint density at radius 2 is 2.03 bits per heavy atom. The first-order valence-electron chi connectivity index (χ1n) is 10.6. The van der Waals surface area contributed by atoms with Crippen LogP contribution in [0.15, 0.2) is 24.4 Å². The number of nitrogens with one attached hydrogen (secondary N) is 1. The minimum absolute atomic E-state index is 0.0308. The number of carbonyl (C=O) groups is 1. The second kappa shape index (κ2) is 7.74. The molecule has 8 heteroatoms. The lowest BCUT2D eigenvalue weighted by Gasteiger charge is -2.37. The molecule has 0 bridgehead atoms. The van der Waals surface area contributed by atoms with Crippen LogP contribution >= 0.6 is 0 Å². The molecule has 0 aromatic carbocycles. The van der Waals surface area contributed by atoms with Crippen LogP contribution in [0.3, 0.4) is 0 Å². The van der Waals surface area contributed by atoms with Crippen molar-refractivity contribution in [2.24, 2.45) is 11.8 Å². The minimum Gasteiger partial charge on any atom is -0.379 e. The molecule has 4 atom stereocenters. The van der Waals surface area contributed by atoms with Crippen molar-refractivity contribution in [3.05, 3.63) is 36.0 Å². The first-order valence-corrected chi connectivity index (χ1v) is 10.6. The van der Waals surface area contributed by atoms with Crippen molar-refractivity contribution >= 4 is 11.7 Å². The molecule has 2 fully saturated rings. The van der Waals surface area contributed by atoms with E-state index in [4.69, 9.17) is 4.74 Å². The Morgan fingerprint density at radius 1 is 1.17 bits per heavy atom. The molecule has 1 N–H and O–H groups in total. The Kier molecular flexibility index (Phi) is 4.95. The number of likely N-dealkylation sites (tertiary alicyclic amines) is 1. The number of hydrogen-bond acceptors (Lipinski definition) is 6. The molecular weight excluding hydrogens is 368 g/mol. The van der Waals surface area contributed by atoms with Crippen LogP contribution in [0.25, 0.3) is 0 Å². The third-order valence-electron chi connectivity index (χ3n) is 6.76. The summed E-state index contributed by atoms with van der Waals surface area (Å²) in [6, 6.07) is 6.09. The minimum atomic E-state index is 0.0308. The van der Waals surface area contributed by atoms with E-state index in [2.05, 4.69) is 20.5 Å². The summed E-state index contributed by atoms with van der Waals surface area (Å²) in [6.07, 6.45) is 6.98. The summed E-state index contributed by atoms with van der Waals surface area (Å²) in [6.45, 7) is 2.41. The number of amides is 1. The predicted molar refractivity (Wildman–Crippen MR) is 108 cm³/mol. The van der Waals surface area contributed by atoms with Crippen molar-refractivity contribution in [1.82, 2.24) is 24.6 Å². The van der Waals surface area contributed by atoms with Gasteiger partial charge in [-0.3, -0.25) is 4.79 Å². The number of pyridine rings is 1. The quantitative estimate of drug-likeness (QED) is 0.851. The fourth-order valence-corrected chi connectivity index (χ4v) is 5.24. The van der Waals surface area contributed by atoms with Crippen molar-refractivity contribution in [3.63, 3.8) is 0 Å². The molecule has 154 valence electrons. The van der Waals surface area contributed by atoms with Gasteiger partial charge >= 0.3 is 0 Å². The molecule has 29 heavy (non-hydrogen) atoms. The van der Waals surface area contributed by atoms with E-state index in [0.29, 0.717) is 17.7 Å². The van der Waals surface area contributed by atoms with Gasteiger partial charge in [0.05, 0.1) is 12.1 Å². The van der Waals surface area contributed by atoms with Gasteiger partial charge in [0.2, 0.25) is 5.82 Å². The third-order valence-corrected chi connectivity index (χ3v) is 6.76. The van der Waals surface area contributed by atoms with Gasteiger partial charge in [0.15, 0.2) is 0 Å². The van der Waals surface area contributed by atoms with E-state index >= 15 is 0 Å². The normalized spacial score (nSPS) is 28.7. The molecule has 1 saturated heterocycles. The maximum atomic E-state index is 13.2. The molecule has 5 rings (SSSR count). The zero-order valence-electron chi connectivity index (χ0n) is 16.8. The molecule has 0 unspecified atom stereocenters. The summed E-state index contributed by atoms with van der Waals surface area (Å²) in [4.78, 5) is 19.6. The van der Waals surface area contributed by atoms with Crippen molar-refractivity contribution in [2.75, 3.05) is 25.5 Å². The van der Waals surface area contributed by atoms with E-state index in [1.165, 1.54) is 0 Å². The second-order valence-corrected chi connectivity index (χ2v) is 8.49. The number of methoxy groups -OCH3 is 1. The Hall–Kier alpha value is -2.48. The van der Waals surface area contributed by atoms with Crippen molar-refractivity contribution in [2.45, 2.75) is 50.8 Å². The first kappa shape index (κ1) is 18.5. The van der Waals surface area contributed by atoms with Gasteiger partial charge in [-0.05, 0) is 49.7 Å². The Labute approximate surface area is 170 Å². The molecule has 2 aromatic rings. The van der Waals surface area contributed by atoms with Crippen LogP contribution in [-0.2, 0) is 17.7 Å². The lowest BCUT2D eigenvalue weighted by Crippen LogP contribution is -2.44. The van der Waals surface area contributed by atoms with Crippen LogP contribution in [0, 0.1) is 11.8 Å². The van der Waals surface area contributed by atoms with Crippen LogP contribution in [0.4, 0.5) is 5.82 Å². The molecule has 1 amide bonds. The number of aromatic nitrogens is 4. The van der Waals surface area contributed by atoms with Crippen molar-refractivity contribution < 1.29 is 9.53 Å². The van der Waals surface area contributed by atoms with E-state index in [1.807, 2.05) is 27.7 Å². The number of rotatable bonds is 4. The lowest BCUT2D eigenvalue weighted by molar-refractivity contribution is 0.0304. The summed E-state index contributed by atoms with van der Waals surface area (Å²) in [5, 5.41) is 12.0. The summed E-state index contributed by atoms with van der Waals surface area (Å²) in [7, 11) is 1.78. The molecule has 0 spiro atoms. The van der Waals surface area contributed by atoms with Crippen LogP contribution in [0.2, 0.25) is 0 Å². The number of fused-ring (bicyclic) bond motifs is 2. The van der Waals surface area contributed by atoms with Crippen molar-refractivity contribution in [3.8, 4) is 0 Å². The summed E-state index contributed by atoms with van der Waals surface area (Å²) >= 11 is 0. The number of hydrogen-bond donors (Lipinski definition) is 1. The van der Waals surface area contributed by atoms with Crippen LogP contribution < -0.4 is 5.32 Å². The molecule has 2 aromatic heterocycles. The maximum Gasteiger partial charge on any atom is 0.291 e. The molecule has 0 radical (unpaired) electrons. The fourth-order valence-electron chi connectivity index (χ4n) is 5.24. The van der Waals surface area contributed by atoms with Gasteiger partial charge < -0.3 is 19.5 Å². The number of ether oxygens (including phenoxy) is 1. The summed E-state index contributed by atoms with van der Waals surface area (Å²) in [5.74, 6) is 3.31. The van der Waals surface area contributed by atoms with Gasteiger partial charge in [-0.1, -0.05) is 6.07 Å². The zero-order valence-corrected chi connectivity index (χ0v) is 16.8. The van der Waals surface area contributed by atoms with E-state index in [1.54, 1.807) is 13.3 Å². The van der Waals surface area contributed by atoms with Crippen LogP contribution in [0.5, 0.6) is 0 Å². The van der Waals surface area contributed by atoms with E-state index in [9.17, 15) is 4.79 Å². The standard InChI is InChI=1S/C21H28N6O2/c1-29-17-11-15-13-26(21(28)20-25-24-19-7-3-5-9-27(19)20)12-14(15)10-16(17)23-18-6-2-4-8-22-18/h2,4,6,8,14-17H,3,5,7,9-13H2,1H3,(H,22,23)/t14-,15+,16-,17-/m1/s1. The average Bonchev–Trinajstić information content (AvgIpc) is 3.37. The largest absolute Gasteiger partial charge is 0.379 e. The third kappa shape index (κ3) is 3.50. The van der Waals surface area contributed by atoms with E-state index < -0.39 is 0 Å². The van der Waals surface area contributed by atoms with Crippen LogP contribution in [-0.4, -0.2) is 62.9 Å². The molecular formula is C21H28N6O2. The molecule has 1 saturated carbocycles. The number of aryl methyl sites for hydroxylation is 1. The zero-order chi connectivity index (χ0) is 19.8. The predicted octanol–water partition coefficient (Wildman–Crippen LogP) is 1.99. The topological polar surface area (TPSA) is 85.2 Å². The number of carbonyl (C=O) groups excluding carboxylic acids is 1. The molecule has 2 aliphatic heterocycles. The van der Waals surface area contributed by atoms with E-state index in [-0.39, 0.29) is 18.1 Å². The number of anilines is 1. The first-order chi connectivity index (χ1) is 14.2. The number of nitrogens with zero attached hydrogens (tertiary/aromatic N) is 5.